The summed E-state index contributed by atoms with van der Waals surface area (Å²) in [5, 5.41) is 6.98. The molecule has 0 unspecified atom stereocenters. The van der Waals surface area contributed by atoms with E-state index in [0.717, 1.165) is 9.99 Å². The van der Waals surface area contributed by atoms with Crippen LogP contribution in [-0.4, -0.2) is 21.7 Å². The van der Waals surface area contributed by atoms with Crippen LogP contribution in [0.1, 0.15) is 30.8 Å². The Balaban J connectivity index is 2.74. The summed E-state index contributed by atoms with van der Waals surface area (Å²) in [5.41, 5.74) is 0.508. The van der Waals surface area contributed by atoms with Gasteiger partial charge in [0.1, 0.15) is 0 Å². The predicted octanol–water partition coefficient (Wildman–Crippen LogP) is 1.55. The van der Waals surface area contributed by atoms with E-state index in [1.165, 1.54) is 0 Å². The number of hydrogen-bond donors (Lipinski definition) is 1. The quantitative estimate of drug-likeness (QED) is 0.861. The number of nitrogens with one attached hydrogen (secondary N) is 1. The molecule has 1 N–H and O–H groups in total. The summed E-state index contributed by atoms with van der Waals surface area (Å²) < 4.78 is 2.53. The Bertz CT molecular complexity index is 335. The van der Waals surface area contributed by atoms with Crippen LogP contribution in [0.25, 0.3) is 0 Å². The number of halogens is 1. The number of amides is 1. The van der Waals surface area contributed by atoms with Gasteiger partial charge in [-0.15, -0.1) is 0 Å². The van der Waals surface area contributed by atoms with Gasteiger partial charge in [-0.2, -0.15) is 5.10 Å². The number of rotatable bonds is 3. The highest BCUT2D eigenvalue weighted by molar-refractivity contribution is 14.1. The molecule has 1 rings (SSSR count). The number of nitrogens with zero attached hydrogens (tertiary/aromatic N) is 2. The zero-order valence-corrected chi connectivity index (χ0v) is 10.7. The fraction of sp³-hybridized carbons (Fsp3) is 0.556. The lowest BCUT2D eigenvalue weighted by Crippen LogP contribution is -2.32. The molecule has 0 bridgehead atoms. The fourth-order valence-corrected chi connectivity index (χ4v) is 1.76. The molecule has 0 saturated carbocycles. The third-order valence-electron chi connectivity index (χ3n) is 1.99. The van der Waals surface area contributed by atoms with Crippen molar-refractivity contribution >= 4 is 28.5 Å². The van der Waals surface area contributed by atoms with E-state index in [4.69, 9.17) is 0 Å². The summed E-state index contributed by atoms with van der Waals surface area (Å²) in [7, 11) is 1.81. The average Bonchev–Trinajstić information content (AvgIpc) is 2.45. The van der Waals surface area contributed by atoms with Gasteiger partial charge < -0.3 is 5.32 Å². The second-order valence-corrected chi connectivity index (χ2v) is 4.44. The van der Waals surface area contributed by atoms with Crippen LogP contribution in [0, 0.1) is 3.57 Å². The SMILES string of the molecule is CC[C@@H](C)NC(=O)c1nn(C)cc1I. The second-order valence-electron chi connectivity index (χ2n) is 3.28. The van der Waals surface area contributed by atoms with Gasteiger partial charge >= 0.3 is 0 Å². The molecule has 0 aliphatic heterocycles. The van der Waals surface area contributed by atoms with Gasteiger partial charge in [0.2, 0.25) is 0 Å². The molecule has 1 amide bonds. The Labute approximate surface area is 97.2 Å². The average molecular weight is 307 g/mol. The molecule has 0 saturated heterocycles. The van der Waals surface area contributed by atoms with Crippen molar-refractivity contribution in [2.24, 2.45) is 7.05 Å². The van der Waals surface area contributed by atoms with E-state index in [0.29, 0.717) is 5.69 Å². The number of carbonyl (C=O) groups is 1. The Morgan fingerprint density at radius 2 is 2.43 bits per heavy atom. The molecule has 1 atom stereocenters. The lowest BCUT2D eigenvalue weighted by Gasteiger charge is -2.09. The number of hydrogen-bond acceptors (Lipinski definition) is 2. The van der Waals surface area contributed by atoms with E-state index < -0.39 is 0 Å². The van der Waals surface area contributed by atoms with Crippen LogP contribution in [0.15, 0.2) is 6.20 Å². The maximum absolute atomic E-state index is 11.7. The van der Waals surface area contributed by atoms with Crippen LogP contribution in [0.5, 0.6) is 0 Å². The van der Waals surface area contributed by atoms with Gasteiger partial charge in [-0.25, -0.2) is 0 Å². The molecular formula is C9H14IN3O. The van der Waals surface area contributed by atoms with Crippen LogP contribution in [0.2, 0.25) is 0 Å². The highest BCUT2D eigenvalue weighted by Gasteiger charge is 2.15. The van der Waals surface area contributed by atoms with E-state index >= 15 is 0 Å². The monoisotopic (exact) mass is 307 g/mol. The highest BCUT2D eigenvalue weighted by Crippen LogP contribution is 2.09. The lowest BCUT2D eigenvalue weighted by atomic mass is 10.2. The molecule has 0 aliphatic carbocycles. The first-order chi connectivity index (χ1) is 6.54. The van der Waals surface area contributed by atoms with Crippen molar-refractivity contribution < 1.29 is 4.79 Å². The van der Waals surface area contributed by atoms with E-state index in [-0.39, 0.29) is 11.9 Å². The minimum Gasteiger partial charge on any atom is -0.348 e. The minimum absolute atomic E-state index is 0.0932. The van der Waals surface area contributed by atoms with Gasteiger partial charge in [0.15, 0.2) is 5.69 Å². The minimum atomic E-state index is -0.0932. The molecule has 0 fully saturated rings. The van der Waals surface area contributed by atoms with Crippen molar-refractivity contribution in [3.05, 3.63) is 15.5 Å². The molecule has 14 heavy (non-hydrogen) atoms. The highest BCUT2D eigenvalue weighted by atomic mass is 127. The molecule has 5 heteroatoms. The molecule has 0 spiro atoms. The summed E-state index contributed by atoms with van der Waals surface area (Å²) >= 11 is 2.11. The Morgan fingerprint density at radius 3 is 2.86 bits per heavy atom. The lowest BCUT2D eigenvalue weighted by molar-refractivity contribution is 0.0932. The van der Waals surface area contributed by atoms with Crippen molar-refractivity contribution in [1.82, 2.24) is 15.1 Å². The van der Waals surface area contributed by atoms with Crippen molar-refractivity contribution in [2.45, 2.75) is 26.3 Å². The molecular weight excluding hydrogens is 293 g/mol. The van der Waals surface area contributed by atoms with Crippen molar-refractivity contribution in [1.29, 1.82) is 0 Å². The zero-order valence-electron chi connectivity index (χ0n) is 8.54. The number of carbonyl (C=O) groups excluding carboxylic acids is 1. The normalized spacial score (nSPS) is 12.6. The predicted molar refractivity (Wildman–Crippen MR) is 63.1 cm³/mol. The zero-order chi connectivity index (χ0) is 10.7. The summed E-state index contributed by atoms with van der Waals surface area (Å²) in [6.45, 7) is 4.02. The Hall–Kier alpha value is -0.590. The molecule has 1 aromatic rings. The van der Waals surface area contributed by atoms with Gasteiger partial charge in [0.05, 0.1) is 3.57 Å². The topological polar surface area (TPSA) is 46.9 Å². The summed E-state index contributed by atoms with van der Waals surface area (Å²) in [4.78, 5) is 11.7. The van der Waals surface area contributed by atoms with Crippen molar-refractivity contribution in [3.8, 4) is 0 Å². The molecule has 0 aromatic carbocycles. The van der Waals surface area contributed by atoms with Crippen molar-refractivity contribution in [3.63, 3.8) is 0 Å². The smallest absolute Gasteiger partial charge is 0.273 e. The first kappa shape index (κ1) is 11.5. The van der Waals surface area contributed by atoms with E-state index in [9.17, 15) is 4.79 Å². The van der Waals surface area contributed by atoms with Crippen LogP contribution in [-0.2, 0) is 7.05 Å². The van der Waals surface area contributed by atoms with Crippen LogP contribution in [0.3, 0.4) is 0 Å². The summed E-state index contributed by atoms with van der Waals surface area (Å²) in [6.07, 6.45) is 2.75. The van der Waals surface area contributed by atoms with E-state index in [2.05, 4.69) is 33.0 Å². The second kappa shape index (κ2) is 4.77. The molecule has 0 aliphatic rings. The molecule has 1 aromatic heterocycles. The maximum atomic E-state index is 11.7. The number of aromatic nitrogens is 2. The maximum Gasteiger partial charge on any atom is 0.273 e. The molecule has 1 heterocycles. The van der Waals surface area contributed by atoms with Gasteiger partial charge in [0.25, 0.3) is 5.91 Å². The molecule has 78 valence electrons. The van der Waals surface area contributed by atoms with Crippen LogP contribution < -0.4 is 5.32 Å². The third-order valence-corrected chi connectivity index (χ3v) is 2.78. The van der Waals surface area contributed by atoms with Crippen LogP contribution >= 0.6 is 22.6 Å². The first-order valence-electron chi connectivity index (χ1n) is 4.54. The Kier molecular flexibility index (Phi) is 3.91. The third kappa shape index (κ3) is 2.70. The molecule has 4 nitrogen and oxygen atoms in total. The van der Waals surface area contributed by atoms with Gasteiger partial charge in [-0.1, -0.05) is 6.92 Å². The first-order valence-corrected chi connectivity index (χ1v) is 5.62. The van der Waals surface area contributed by atoms with Gasteiger partial charge in [0, 0.05) is 19.3 Å². The molecule has 0 radical (unpaired) electrons. The summed E-state index contributed by atoms with van der Waals surface area (Å²) in [6, 6.07) is 0.195. The van der Waals surface area contributed by atoms with E-state index in [1.807, 2.05) is 27.1 Å². The standard InChI is InChI=1S/C9H14IN3O/c1-4-6(2)11-9(14)8-7(10)5-13(3)12-8/h5-6H,4H2,1-3H3,(H,11,14)/t6-/m1/s1. The Morgan fingerprint density at radius 1 is 1.79 bits per heavy atom. The van der Waals surface area contributed by atoms with Crippen LogP contribution in [0.4, 0.5) is 0 Å². The fourth-order valence-electron chi connectivity index (χ4n) is 1.01. The van der Waals surface area contributed by atoms with Gasteiger partial charge in [-0.3, -0.25) is 9.48 Å². The summed E-state index contributed by atoms with van der Waals surface area (Å²) in [5.74, 6) is -0.0932. The largest absolute Gasteiger partial charge is 0.348 e. The van der Waals surface area contributed by atoms with Crippen molar-refractivity contribution in [2.75, 3.05) is 0 Å². The number of aryl methyl sites for hydroxylation is 1. The van der Waals surface area contributed by atoms with Gasteiger partial charge in [-0.05, 0) is 35.9 Å². The van der Waals surface area contributed by atoms with E-state index in [1.54, 1.807) is 4.68 Å².